The van der Waals surface area contributed by atoms with Gasteiger partial charge in [-0.25, -0.2) is 0 Å². The molecule has 1 atom stereocenters. The van der Waals surface area contributed by atoms with Gasteiger partial charge in [-0.2, -0.15) is 5.21 Å². The zero-order chi connectivity index (χ0) is 21.9. The van der Waals surface area contributed by atoms with Crippen molar-refractivity contribution in [2.45, 2.75) is 12.8 Å². The van der Waals surface area contributed by atoms with Crippen LogP contribution in [0.3, 0.4) is 0 Å². The van der Waals surface area contributed by atoms with Crippen LogP contribution in [0.15, 0.2) is 66.7 Å². The van der Waals surface area contributed by atoms with Crippen LogP contribution in [0.5, 0.6) is 0 Å². The van der Waals surface area contributed by atoms with Gasteiger partial charge < -0.3 is 10.2 Å². The molecule has 8 nitrogen and oxygen atoms in total. The van der Waals surface area contributed by atoms with E-state index in [2.05, 4.69) is 25.9 Å². The smallest absolute Gasteiger partial charge is 0.254 e. The van der Waals surface area contributed by atoms with Gasteiger partial charge in [0.25, 0.3) is 5.91 Å². The van der Waals surface area contributed by atoms with Gasteiger partial charge in [0.1, 0.15) is 0 Å². The van der Waals surface area contributed by atoms with Crippen molar-refractivity contribution in [3.63, 3.8) is 0 Å². The van der Waals surface area contributed by atoms with Gasteiger partial charge in [-0.1, -0.05) is 48.5 Å². The highest BCUT2D eigenvalue weighted by Gasteiger charge is 2.29. The fourth-order valence-corrected chi connectivity index (χ4v) is 4.22. The molecule has 1 fully saturated rings. The third kappa shape index (κ3) is 3.94. The molecule has 1 aliphatic heterocycles. The van der Waals surface area contributed by atoms with Crippen molar-refractivity contribution in [1.29, 1.82) is 0 Å². The predicted molar refractivity (Wildman–Crippen MR) is 121 cm³/mol. The molecule has 4 aromatic rings. The lowest BCUT2D eigenvalue weighted by atomic mass is 9.95. The standard InChI is InChI=1S/C24H22N6O2/c31-23(25-19-10-3-8-17(14-19)22-26-28-29-27-22)18-9-5-13-30(15-18)24(32)21-12-4-7-16-6-1-2-11-20(16)21/h1-4,6-8,10-12,14,18H,5,9,13,15H2,(H,25,31)(H,26,27,28,29)/t18-/m1/s1. The summed E-state index contributed by atoms with van der Waals surface area (Å²) in [5, 5.41) is 18.9. The minimum atomic E-state index is -0.267. The summed E-state index contributed by atoms with van der Waals surface area (Å²) in [6.45, 7) is 1.05. The molecule has 5 rings (SSSR count). The van der Waals surface area contributed by atoms with E-state index in [4.69, 9.17) is 0 Å². The molecule has 1 saturated heterocycles. The second-order valence-corrected chi connectivity index (χ2v) is 7.92. The maximum absolute atomic E-state index is 13.3. The maximum Gasteiger partial charge on any atom is 0.254 e. The van der Waals surface area contributed by atoms with Crippen molar-refractivity contribution in [3.8, 4) is 11.4 Å². The number of hydrogen-bond donors (Lipinski definition) is 2. The Balaban J connectivity index is 1.30. The summed E-state index contributed by atoms with van der Waals surface area (Å²) in [6, 6.07) is 21.0. The summed E-state index contributed by atoms with van der Waals surface area (Å²) in [4.78, 5) is 28.1. The molecule has 0 unspecified atom stereocenters. The molecule has 2 N–H and O–H groups in total. The van der Waals surface area contributed by atoms with E-state index < -0.39 is 0 Å². The molecule has 0 saturated carbocycles. The number of aromatic nitrogens is 4. The van der Waals surface area contributed by atoms with Crippen LogP contribution in [-0.2, 0) is 4.79 Å². The van der Waals surface area contributed by atoms with Crippen molar-refractivity contribution in [2.24, 2.45) is 5.92 Å². The Hall–Kier alpha value is -4.07. The van der Waals surface area contributed by atoms with E-state index in [1.54, 1.807) is 4.90 Å². The van der Waals surface area contributed by atoms with E-state index in [0.717, 1.165) is 29.2 Å². The molecule has 0 bridgehead atoms. The van der Waals surface area contributed by atoms with Crippen LogP contribution in [0.25, 0.3) is 22.2 Å². The first kappa shape index (κ1) is 19.9. The fraction of sp³-hybridized carbons (Fsp3) is 0.208. The SMILES string of the molecule is O=C(Nc1cccc(-c2nn[nH]n2)c1)[C@@H]1CCCN(C(=O)c2cccc3ccccc23)C1. The third-order valence-corrected chi connectivity index (χ3v) is 5.83. The minimum Gasteiger partial charge on any atom is -0.338 e. The van der Waals surface area contributed by atoms with Gasteiger partial charge in [-0.3, -0.25) is 9.59 Å². The van der Waals surface area contributed by atoms with Crippen LogP contribution >= 0.6 is 0 Å². The lowest BCUT2D eigenvalue weighted by Gasteiger charge is -2.32. The lowest BCUT2D eigenvalue weighted by molar-refractivity contribution is -0.121. The Morgan fingerprint density at radius 2 is 1.88 bits per heavy atom. The molecule has 160 valence electrons. The molecule has 0 radical (unpaired) electrons. The second kappa shape index (κ2) is 8.58. The molecule has 3 aromatic carbocycles. The van der Waals surface area contributed by atoms with Crippen LogP contribution in [-0.4, -0.2) is 50.4 Å². The number of likely N-dealkylation sites (tertiary alicyclic amines) is 1. The number of aromatic amines is 1. The van der Waals surface area contributed by atoms with E-state index in [1.165, 1.54) is 0 Å². The Morgan fingerprint density at radius 3 is 2.75 bits per heavy atom. The maximum atomic E-state index is 13.3. The molecular formula is C24H22N6O2. The molecule has 1 aliphatic rings. The van der Waals surface area contributed by atoms with E-state index in [9.17, 15) is 9.59 Å². The number of piperidine rings is 1. The van der Waals surface area contributed by atoms with E-state index in [1.807, 2.05) is 66.7 Å². The van der Waals surface area contributed by atoms with E-state index >= 15 is 0 Å². The van der Waals surface area contributed by atoms with Gasteiger partial charge in [0.2, 0.25) is 11.7 Å². The number of tetrazole rings is 1. The first-order valence-electron chi connectivity index (χ1n) is 10.6. The summed E-state index contributed by atoms with van der Waals surface area (Å²) >= 11 is 0. The monoisotopic (exact) mass is 426 g/mol. The molecular weight excluding hydrogens is 404 g/mol. The number of amides is 2. The van der Waals surface area contributed by atoms with Crippen LogP contribution in [0.2, 0.25) is 0 Å². The van der Waals surface area contributed by atoms with Gasteiger partial charge in [-0.15, -0.1) is 10.2 Å². The average molecular weight is 426 g/mol. The normalized spacial score (nSPS) is 16.1. The number of fused-ring (bicyclic) bond motifs is 1. The molecule has 1 aromatic heterocycles. The summed E-state index contributed by atoms with van der Waals surface area (Å²) in [5.41, 5.74) is 2.10. The molecule has 0 aliphatic carbocycles. The van der Waals surface area contributed by atoms with Crippen LogP contribution < -0.4 is 5.32 Å². The Kier molecular flexibility index (Phi) is 5.33. The van der Waals surface area contributed by atoms with Gasteiger partial charge >= 0.3 is 0 Å². The summed E-state index contributed by atoms with van der Waals surface area (Å²) in [6.07, 6.45) is 1.53. The number of benzene rings is 3. The minimum absolute atomic E-state index is 0.0293. The van der Waals surface area contributed by atoms with Gasteiger partial charge in [0, 0.05) is 29.9 Å². The van der Waals surface area contributed by atoms with E-state index in [0.29, 0.717) is 30.2 Å². The number of rotatable bonds is 4. The number of hydrogen-bond acceptors (Lipinski definition) is 5. The predicted octanol–water partition coefficient (Wildman–Crippen LogP) is 3.51. The number of nitrogens with zero attached hydrogens (tertiary/aromatic N) is 4. The van der Waals surface area contributed by atoms with Gasteiger partial charge in [0.05, 0.1) is 5.92 Å². The average Bonchev–Trinajstić information content (AvgIpc) is 3.39. The Morgan fingerprint density at radius 1 is 1.03 bits per heavy atom. The number of carbonyl (C=O) groups excluding carboxylic acids is 2. The number of nitrogens with one attached hydrogen (secondary N) is 2. The highest BCUT2D eigenvalue weighted by Crippen LogP contribution is 2.25. The summed E-state index contributed by atoms with van der Waals surface area (Å²) in [5.74, 6) is 0.0752. The van der Waals surface area contributed by atoms with Crippen molar-refractivity contribution in [2.75, 3.05) is 18.4 Å². The fourth-order valence-electron chi connectivity index (χ4n) is 4.22. The quantitative estimate of drug-likeness (QED) is 0.520. The Labute approximate surface area is 184 Å². The third-order valence-electron chi connectivity index (χ3n) is 5.83. The van der Waals surface area contributed by atoms with Crippen molar-refractivity contribution in [1.82, 2.24) is 25.5 Å². The molecule has 2 amide bonds. The van der Waals surface area contributed by atoms with Crippen molar-refractivity contribution >= 4 is 28.3 Å². The molecule has 0 spiro atoms. The van der Waals surface area contributed by atoms with Crippen LogP contribution in [0.4, 0.5) is 5.69 Å². The Bertz CT molecular complexity index is 1270. The highest BCUT2D eigenvalue weighted by molar-refractivity contribution is 6.07. The van der Waals surface area contributed by atoms with Gasteiger partial charge in [-0.05, 0) is 47.0 Å². The zero-order valence-corrected chi connectivity index (χ0v) is 17.4. The number of carbonyl (C=O) groups is 2. The second-order valence-electron chi connectivity index (χ2n) is 7.92. The summed E-state index contributed by atoms with van der Waals surface area (Å²) in [7, 11) is 0. The first-order chi connectivity index (χ1) is 15.7. The molecule has 32 heavy (non-hydrogen) atoms. The van der Waals surface area contributed by atoms with Crippen LogP contribution in [0.1, 0.15) is 23.2 Å². The lowest BCUT2D eigenvalue weighted by Crippen LogP contribution is -2.43. The number of anilines is 1. The largest absolute Gasteiger partial charge is 0.338 e. The molecule has 8 heteroatoms. The van der Waals surface area contributed by atoms with E-state index in [-0.39, 0.29) is 17.7 Å². The van der Waals surface area contributed by atoms with Crippen LogP contribution in [0, 0.1) is 5.92 Å². The molecule has 2 heterocycles. The van der Waals surface area contributed by atoms with Crippen molar-refractivity contribution in [3.05, 3.63) is 72.3 Å². The van der Waals surface area contributed by atoms with Crippen molar-refractivity contribution < 1.29 is 9.59 Å². The van der Waals surface area contributed by atoms with Gasteiger partial charge in [0.15, 0.2) is 0 Å². The summed E-state index contributed by atoms with van der Waals surface area (Å²) < 4.78 is 0. The topological polar surface area (TPSA) is 104 Å². The first-order valence-corrected chi connectivity index (χ1v) is 10.6. The number of H-pyrrole nitrogens is 1. The highest BCUT2D eigenvalue weighted by atomic mass is 16.2. The zero-order valence-electron chi connectivity index (χ0n) is 17.4.